The van der Waals surface area contributed by atoms with Crippen molar-refractivity contribution in [3.8, 4) is 0 Å². The first-order valence-corrected chi connectivity index (χ1v) is 7.24. The molecule has 3 rings (SSSR count). The Labute approximate surface area is 128 Å². The van der Waals surface area contributed by atoms with Gasteiger partial charge in [0.2, 0.25) is 0 Å². The van der Waals surface area contributed by atoms with Crippen molar-refractivity contribution in [2.24, 2.45) is 12.5 Å². The summed E-state index contributed by atoms with van der Waals surface area (Å²) in [5.41, 5.74) is 0.837. The van der Waals surface area contributed by atoms with E-state index < -0.39 is 11.4 Å². The Morgan fingerprint density at radius 2 is 2.09 bits per heavy atom. The van der Waals surface area contributed by atoms with E-state index in [2.05, 4.69) is 5.32 Å². The standard InChI is InChI=1S/C16H19N3O3/c1-16(14(20)21)7-9-19(10-16)15(22)17-12-5-3-4-11-6-8-18(2)13(11)12/h3-6,8H,7,9-10H2,1-2H3,(H,17,22)(H,20,21). The van der Waals surface area contributed by atoms with Crippen LogP contribution < -0.4 is 5.32 Å². The third kappa shape index (κ3) is 2.30. The van der Waals surface area contributed by atoms with Gasteiger partial charge in [0.1, 0.15) is 0 Å². The van der Waals surface area contributed by atoms with E-state index in [9.17, 15) is 14.7 Å². The molecule has 116 valence electrons. The second kappa shape index (κ2) is 5.05. The summed E-state index contributed by atoms with van der Waals surface area (Å²) in [6.45, 7) is 2.37. The van der Waals surface area contributed by atoms with Gasteiger partial charge in [-0.25, -0.2) is 4.79 Å². The third-order valence-corrected chi connectivity index (χ3v) is 4.42. The number of hydrogen-bond donors (Lipinski definition) is 2. The number of carboxylic acid groups (broad SMARTS) is 1. The van der Waals surface area contributed by atoms with E-state index in [1.807, 2.05) is 42.1 Å². The zero-order valence-electron chi connectivity index (χ0n) is 12.7. The molecule has 1 atom stereocenters. The molecule has 0 saturated carbocycles. The van der Waals surface area contributed by atoms with E-state index in [1.165, 1.54) is 0 Å². The Morgan fingerprint density at radius 1 is 1.32 bits per heavy atom. The van der Waals surface area contributed by atoms with Crippen LogP contribution in [0.15, 0.2) is 30.5 Å². The SMILES string of the molecule is Cn1ccc2cccc(NC(=O)N3CCC(C)(C(=O)O)C3)c21. The first kappa shape index (κ1) is 14.4. The fourth-order valence-corrected chi connectivity index (χ4v) is 2.96. The van der Waals surface area contributed by atoms with Crippen LogP contribution in [0.25, 0.3) is 10.9 Å². The molecule has 1 aromatic carbocycles. The number of urea groups is 1. The van der Waals surface area contributed by atoms with Gasteiger partial charge < -0.3 is 19.9 Å². The van der Waals surface area contributed by atoms with E-state index in [0.29, 0.717) is 13.0 Å². The van der Waals surface area contributed by atoms with Gasteiger partial charge >= 0.3 is 12.0 Å². The minimum Gasteiger partial charge on any atom is -0.481 e. The summed E-state index contributed by atoms with van der Waals surface area (Å²) in [4.78, 5) is 25.3. The van der Waals surface area contributed by atoms with Crippen molar-refractivity contribution >= 4 is 28.6 Å². The summed E-state index contributed by atoms with van der Waals surface area (Å²) >= 11 is 0. The first-order valence-electron chi connectivity index (χ1n) is 7.24. The van der Waals surface area contributed by atoms with Crippen molar-refractivity contribution in [2.75, 3.05) is 18.4 Å². The zero-order valence-corrected chi connectivity index (χ0v) is 12.7. The summed E-state index contributed by atoms with van der Waals surface area (Å²) < 4.78 is 1.95. The van der Waals surface area contributed by atoms with Gasteiger partial charge in [0.25, 0.3) is 0 Å². The van der Waals surface area contributed by atoms with E-state index >= 15 is 0 Å². The number of likely N-dealkylation sites (tertiary alicyclic amines) is 1. The molecule has 2 amide bonds. The van der Waals surface area contributed by atoms with Crippen molar-refractivity contribution in [1.29, 1.82) is 0 Å². The highest BCUT2D eigenvalue weighted by Gasteiger charge is 2.42. The molecule has 0 spiro atoms. The predicted molar refractivity (Wildman–Crippen MR) is 83.9 cm³/mol. The fraction of sp³-hybridized carbons (Fsp3) is 0.375. The summed E-state index contributed by atoms with van der Waals surface area (Å²) in [5.74, 6) is -0.854. The second-order valence-electron chi connectivity index (χ2n) is 6.14. The lowest BCUT2D eigenvalue weighted by Crippen LogP contribution is -2.37. The highest BCUT2D eigenvalue weighted by atomic mass is 16.4. The molecular formula is C16H19N3O3. The van der Waals surface area contributed by atoms with E-state index in [-0.39, 0.29) is 12.6 Å². The first-order chi connectivity index (χ1) is 10.4. The van der Waals surface area contributed by atoms with Crippen LogP contribution in [0.5, 0.6) is 0 Å². The summed E-state index contributed by atoms with van der Waals surface area (Å²) in [7, 11) is 1.93. The van der Waals surface area contributed by atoms with E-state index in [4.69, 9.17) is 0 Å². The molecule has 1 aliphatic heterocycles. The van der Waals surface area contributed by atoms with Crippen molar-refractivity contribution < 1.29 is 14.7 Å². The second-order valence-corrected chi connectivity index (χ2v) is 6.14. The Bertz CT molecular complexity index is 752. The Morgan fingerprint density at radius 3 is 2.77 bits per heavy atom. The number of amides is 2. The number of fused-ring (bicyclic) bond motifs is 1. The zero-order chi connectivity index (χ0) is 15.9. The lowest BCUT2D eigenvalue weighted by atomic mass is 9.90. The largest absolute Gasteiger partial charge is 0.481 e. The van der Waals surface area contributed by atoms with Crippen LogP contribution in [0, 0.1) is 5.41 Å². The highest BCUT2D eigenvalue weighted by Crippen LogP contribution is 2.31. The number of nitrogens with one attached hydrogen (secondary N) is 1. The highest BCUT2D eigenvalue weighted by molar-refractivity contribution is 6.00. The summed E-state index contributed by atoms with van der Waals surface area (Å²) in [6.07, 6.45) is 2.42. The van der Waals surface area contributed by atoms with Gasteiger partial charge in [-0.1, -0.05) is 12.1 Å². The molecule has 2 heterocycles. The molecule has 1 aromatic heterocycles. The van der Waals surface area contributed by atoms with Crippen LogP contribution in [0.3, 0.4) is 0 Å². The van der Waals surface area contributed by atoms with Crippen molar-refractivity contribution in [1.82, 2.24) is 9.47 Å². The van der Waals surface area contributed by atoms with Crippen LogP contribution in [0.1, 0.15) is 13.3 Å². The van der Waals surface area contributed by atoms with Gasteiger partial charge in [0.15, 0.2) is 0 Å². The van der Waals surface area contributed by atoms with Gasteiger partial charge in [0, 0.05) is 31.7 Å². The van der Waals surface area contributed by atoms with Crippen molar-refractivity contribution in [3.63, 3.8) is 0 Å². The molecule has 1 fully saturated rings. The number of aromatic nitrogens is 1. The fourth-order valence-electron chi connectivity index (χ4n) is 2.96. The number of carbonyl (C=O) groups excluding carboxylic acids is 1. The monoisotopic (exact) mass is 301 g/mol. The molecule has 2 aromatic rings. The summed E-state index contributed by atoms with van der Waals surface area (Å²) in [5, 5.41) is 13.2. The minimum absolute atomic E-state index is 0.233. The molecule has 0 radical (unpaired) electrons. The molecule has 1 saturated heterocycles. The number of carboxylic acids is 1. The van der Waals surface area contributed by atoms with Gasteiger partial charge in [-0.15, -0.1) is 0 Å². The van der Waals surface area contributed by atoms with E-state index in [0.717, 1.165) is 16.6 Å². The molecule has 1 aliphatic rings. The molecule has 22 heavy (non-hydrogen) atoms. The number of carbonyl (C=O) groups is 2. The van der Waals surface area contributed by atoms with Crippen LogP contribution >= 0.6 is 0 Å². The molecule has 6 heteroatoms. The lowest BCUT2D eigenvalue weighted by molar-refractivity contribution is -0.146. The molecule has 1 unspecified atom stereocenters. The number of benzene rings is 1. The number of anilines is 1. The normalized spacial score (nSPS) is 21.3. The van der Waals surface area contributed by atoms with Crippen LogP contribution in [0.2, 0.25) is 0 Å². The number of rotatable bonds is 2. The lowest BCUT2D eigenvalue weighted by Gasteiger charge is -2.21. The van der Waals surface area contributed by atoms with Crippen molar-refractivity contribution in [2.45, 2.75) is 13.3 Å². The average molecular weight is 301 g/mol. The topological polar surface area (TPSA) is 74.6 Å². The molecule has 0 bridgehead atoms. The minimum atomic E-state index is -0.854. The average Bonchev–Trinajstić information content (AvgIpc) is 3.05. The van der Waals surface area contributed by atoms with Crippen LogP contribution in [0.4, 0.5) is 10.5 Å². The maximum atomic E-state index is 12.4. The number of aryl methyl sites for hydroxylation is 1. The number of para-hydroxylation sites is 1. The maximum absolute atomic E-state index is 12.4. The number of aliphatic carboxylic acids is 1. The maximum Gasteiger partial charge on any atom is 0.321 e. The van der Waals surface area contributed by atoms with Crippen LogP contribution in [-0.4, -0.2) is 39.7 Å². The molecule has 0 aliphatic carbocycles. The van der Waals surface area contributed by atoms with Gasteiger partial charge in [-0.05, 0) is 25.5 Å². The van der Waals surface area contributed by atoms with Crippen LogP contribution in [-0.2, 0) is 11.8 Å². The Balaban J connectivity index is 1.80. The molecule has 6 nitrogen and oxygen atoms in total. The summed E-state index contributed by atoms with van der Waals surface area (Å²) in [6, 6.07) is 7.47. The smallest absolute Gasteiger partial charge is 0.321 e. The van der Waals surface area contributed by atoms with Gasteiger partial charge in [-0.2, -0.15) is 0 Å². The van der Waals surface area contributed by atoms with Gasteiger partial charge in [0.05, 0.1) is 16.6 Å². The Kier molecular flexibility index (Phi) is 3.31. The Hall–Kier alpha value is -2.50. The number of hydrogen-bond acceptors (Lipinski definition) is 2. The van der Waals surface area contributed by atoms with Gasteiger partial charge in [-0.3, -0.25) is 4.79 Å². The van der Waals surface area contributed by atoms with E-state index in [1.54, 1.807) is 11.8 Å². The third-order valence-electron chi connectivity index (χ3n) is 4.42. The molecule has 2 N–H and O–H groups in total. The number of nitrogens with zero attached hydrogens (tertiary/aromatic N) is 2. The predicted octanol–water partition coefficient (Wildman–Crippen LogP) is 2.51. The quantitative estimate of drug-likeness (QED) is 0.895. The molecular weight excluding hydrogens is 282 g/mol. The van der Waals surface area contributed by atoms with Crippen molar-refractivity contribution in [3.05, 3.63) is 30.5 Å².